The molecule has 1 rings (SSSR count). The number of Topliss-reactive ketones (excluding diaryl/α,β-unsaturated/α-hetero) is 1. The van der Waals surface area contributed by atoms with Gasteiger partial charge in [0.2, 0.25) is 0 Å². The molecule has 0 aromatic heterocycles. The maximum absolute atomic E-state index is 11.6. The van der Waals surface area contributed by atoms with Crippen LogP contribution in [0.2, 0.25) is 0 Å². The van der Waals surface area contributed by atoms with Gasteiger partial charge >= 0.3 is 0 Å². The Hall–Kier alpha value is -0.770. The summed E-state index contributed by atoms with van der Waals surface area (Å²) in [6.07, 6.45) is 0. The van der Waals surface area contributed by atoms with E-state index in [1.54, 1.807) is 0 Å². The summed E-state index contributed by atoms with van der Waals surface area (Å²) in [5.41, 5.74) is 1.09. The summed E-state index contributed by atoms with van der Waals surface area (Å²) in [6.45, 7) is 7.44. The quantitative estimate of drug-likeness (QED) is 0.277. The highest BCUT2D eigenvalue weighted by Gasteiger charge is 2.59. The van der Waals surface area contributed by atoms with Crippen LogP contribution >= 0.6 is 0 Å². The molecule has 0 saturated heterocycles. The minimum atomic E-state index is -0.467. The Morgan fingerprint density at radius 3 is 2.08 bits per heavy atom. The highest BCUT2D eigenvalue weighted by Crippen LogP contribution is 2.47. The first-order valence-corrected chi connectivity index (χ1v) is 4.59. The fourth-order valence-electron chi connectivity index (χ4n) is 2.05. The van der Waals surface area contributed by atoms with Crippen molar-refractivity contribution in [2.75, 3.05) is 0 Å². The Morgan fingerprint density at radius 2 is 1.69 bits per heavy atom. The van der Waals surface area contributed by atoms with E-state index in [1.807, 2.05) is 27.7 Å². The van der Waals surface area contributed by atoms with Crippen LogP contribution in [0.4, 0.5) is 0 Å². The molecule has 0 aromatic carbocycles. The lowest BCUT2D eigenvalue weighted by molar-refractivity contribution is -0.134. The third kappa shape index (κ3) is 1.29. The summed E-state index contributed by atoms with van der Waals surface area (Å²) in [5, 5.41) is 7.61. The van der Waals surface area contributed by atoms with E-state index in [9.17, 15) is 4.79 Å². The molecule has 1 aliphatic carbocycles. The highest BCUT2D eigenvalue weighted by atomic mass is 32.1. The van der Waals surface area contributed by atoms with Crippen molar-refractivity contribution in [3.8, 4) is 0 Å². The second-order valence-corrected chi connectivity index (χ2v) is 4.46. The van der Waals surface area contributed by atoms with Crippen LogP contribution in [0, 0.1) is 10.8 Å². The molecule has 1 fully saturated rings. The molecule has 72 valence electrons. The van der Waals surface area contributed by atoms with Gasteiger partial charge in [-0.05, 0) is 27.7 Å². The summed E-state index contributed by atoms with van der Waals surface area (Å²) in [5.74, 6) is 0.207. The third-order valence-corrected chi connectivity index (χ3v) is 2.62. The topological polar surface area (TPSA) is 41.8 Å². The molecule has 0 aromatic rings. The van der Waals surface area contributed by atoms with E-state index in [0.717, 1.165) is 5.71 Å². The Labute approximate surface area is 83.7 Å². The second-order valence-electron chi connectivity index (χ2n) is 4.25. The van der Waals surface area contributed by atoms with Gasteiger partial charge in [0.15, 0.2) is 5.78 Å². The first-order valence-electron chi connectivity index (χ1n) is 4.12. The molecule has 0 amide bonds. The van der Waals surface area contributed by atoms with Gasteiger partial charge < -0.3 is 12.6 Å². The lowest BCUT2D eigenvalue weighted by atomic mass is 9.53. The largest absolute Gasteiger partial charge is 0.766 e. The molecule has 0 N–H and O–H groups in total. The zero-order valence-corrected chi connectivity index (χ0v) is 9.10. The molecule has 1 saturated carbocycles. The molecule has 0 atom stereocenters. The molecule has 0 radical (unpaired) electrons. The first kappa shape index (κ1) is 10.3. The monoisotopic (exact) mass is 197 g/mol. The summed E-state index contributed by atoms with van der Waals surface area (Å²) < 4.78 is 0. The van der Waals surface area contributed by atoms with E-state index < -0.39 is 10.8 Å². The number of rotatable bonds is 1. The third-order valence-electron chi connectivity index (χ3n) is 2.52. The van der Waals surface area contributed by atoms with Crippen LogP contribution in [-0.2, 0) is 17.4 Å². The number of ketones is 1. The lowest BCUT2D eigenvalue weighted by Crippen LogP contribution is -2.61. The van der Waals surface area contributed by atoms with Crippen LogP contribution in [0.25, 0.3) is 0 Å². The molecule has 0 aliphatic heterocycles. The normalized spacial score (nSPS) is 24.6. The lowest BCUT2D eigenvalue weighted by Gasteiger charge is -2.47. The Morgan fingerprint density at radius 1 is 1.23 bits per heavy atom. The minimum absolute atomic E-state index is 0.207. The van der Waals surface area contributed by atoms with Gasteiger partial charge in [0, 0.05) is 0 Å². The average Bonchev–Trinajstić information content (AvgIpc) is 2.03. The number of carbonyl (C=O) groups is 1. The van der Waals surface area contributed by atoms with E-state index >= 15 is 0 Å². The van der Waals surface area contributed by atoms with Gasteiger partial charge in [-0.25, -0.2) is 0 Å². The molecule has 3 nitrogen and oxygen atoms in total. The number of hydrogen-bond acceptors (Lipinski definition) is 4. The van der Waals surface area contributed by atoms with Gasteiger partial charge in [0.1, 0.15) is 0 Å². The Balaban J connectivity index is 3.05. The number of carbonyl (C=O) groups excluding carboxylic acids is 1. The predicted octanol–water partition coefficient (Wildman–Crippen LogP) is 1.55. The SMILES string of the molecule is CC1(C)C(=O)C(C)(C)C1=NN=C[S-]. The molecule has 1 aliphatic rings. The highest BCUT2D eigenvalue weighted by molar-refractivity contribution is 7.74. The first-order chi connectivity index (χ1) is 5.85. The van der Waals surface area contributed by atoms with Crippen LogP contribution < -0.4 is 0 Å². The fraction of sp³-hybridized carbons (Fsp3) is 0.667. The van der Waals surface area contributed by atoms with E-state index in [0.29, 0.717) is 0 Å². The molecular formula is C9H13N2OS-. The molecule has 13 heavy (non-hydrogen) atoms. The average molecular weight is 197 g/mol. The zero-order chi connectivity index (χ0) is 10.3. The fourth-order valence-corrected chi connectivity index (χ4v) is 2.09. The van der Waals surface area contributed by atoms with Crippen molar-refractivity contribution >= 4 is 29.7 Å². The standard InChI is InChI=1S/C9H14N2OS/c1-8(2)6(11-10-5-13)9(3,4)7(8)12/h5H,1-4H3,(H,10,13)/p-1. The summed E-state index contributed by atoms with van der Waals surface area (Å²) in [6, 6.07) is 0. The van der Waals surface area contributed by atoms with Crippen molar-refractivity contribution in [1.29, 1.82) is 0 Å². The van der Waals surface area contributed by atoms with Crippen molar-refractivity contribution in [1.82, 2.24) is 0 Å². The minimum Gasteiger partial charge on any atom is -0.766 e. The molecule has 0 unspecified atom stereocenters. The maximum Gasteiger partial charge on any atom is 0.155 e. The maximum atomic E-state index is 11.6. The van der Waals surface area contributed by atoms with Gasteiger partial charge in [0.25, 0.3) is 0 Å². The van der Waals surface area contributed by atoms with Crippen molar-refractivity contribution in [2.24, 2.45) is 21.0 Å². The van der Waals surface area contributed by atoms with Crippen LogP contribution in [-0.4, -0.2) is 17.0 Å². The van der Waals surface area contributed by atoms with Crippen LogP contribution in [0.1, 0.15) is 27.7 Å². The summed E-state index contributed by atoms with van der Waals surface area (Å²) >= 11 is 4.54. The molecule has 4 heteroatoms. The molecule has 0 heterocycles. The van der Waals surface area contributed by atoms with Crippen LogP contribution in [0.5, 0.6) is 0 Å². The van der Waals surface area contributed by atoms with E-state index in [1.165, 1.54) is 5.55 Å². The molecule has 0 spiro atoms. The Bertz CT molecular complexity index is 283. The smallest absolute Gasteiger partial charge is 0.155 e. The van der Waals surface area contributed by atoms with Crippen LogP contribution in [0.3, 0.4) is 0 Å². The van der Waals surface area contributed by atoms with E-state index in [-0.39, 0.29) is 5.78 Å². The van der Waals surface area contributed by atoms with E-state index in [2.05, 4.69) is 22.8 Å². The molecular weight excluding hydrogens is 184 g/mol. The van der Waals surface area contributed by atoms with Crippen molar-refractivity contribution in [2.45, 2.75) is 27.7 Å². The number of nitrogens with zero attached hydrogens (tertiary/aromatic N) is 2. The van der Waals surface area contributed by atoms with Crippen molar-refractivity contribution in [3.05, 3.63) is 0 Å². The zero-order valence-electron chi connectivity index (χ0n) is 8.29. The van der Waals surface area contributed by atoms with E-state index in [4.69, 9.17) is 0 Å². The molecule has 0 bridgehead atoms. The van der Waals surface area contributed by atoms with Gasteiger partial charge in [-0.2, -0.15) is 10.2 Å². The van der Waals surface area contributed by atoms with Crippen molar-refractivity contribution < 1.29 is 4.79 Å². The summed E-state index contributed by atoms with van der Waals surface area (Å²) in [4.78, 5) is 11.6. The van der Waals surface area contributed by atoms with Crippen molar-refractivity contribution in [3.63, 3.8) is 0 Å². The predicted molar refractivity (Wildman–Crippen MR) is 55.9 cm³/mol. The van der Waals surface area contributed by atoms with Gasteiger partial charge in [0.05, 0.1) is 16.5 Å². The number of hydrogen-bond donors (Lipinski definition) is 0. The second kappa shape index (κ2) is 2.87. The van der Waals surface area contributed by atoms with Gasteiger partial charge in [-0.3, -0.25) is 4.79 Å². The Kier molecular flexibility index (Phi) is 2.28. The summed E-state index contributed by atoms with van der Waals surface area (Å²) in [7, 11) is 0. The van der Waals surface area contributed by atoms with Gasteiger partial charge in [-0.1, -0.05) is 5.55 Å². The van der Waals surface area contributed by atoms with Crippen LogP contribution in [0.15, 0.2) is 10.2 Å². The van der Waals surface area contributed by atoms with Gasteiger partial charge in [-0.15, -0.1) is 0 Å².